The van der Waals surface area contributed by atoms with Gasteiger partial charge in [0.05, 0.1) is 13.2 Å². The Morgan fingerprint density at radius 3 is 0.905 bits per heavy atom. The van der Waals surface area contributed by atoms with Crippen LogP contribution in [0.2, 0.25) is 0 Å². The van der Waals surface area contributed by atoms with Gasteiger partial charge in [0.25, 0.3) is 0 Å². The van der Waals surface area contributed by atoms with Gasteiger partial charge in [-0.05, 0) is 183 Å². The fraction of sp³-hybridized carbons (Fsp3) is 0.538. The van der Waals surface area contributed by atoms with Gasteiger partial charge in [-0.2, -0.15) is 0 Å². The van der Waals surface area contributed by atoms with Crippen molar-refractivity contribution in [2.24, 2.45) is 0 Å². The van der Waals surface area contributed by atoms with Gasteiger partial charge in [0, 0.05) is 41.7 Å². The summed E-state index contributed by atoms with van der Waals surface area (Å²) < 4.78 is 56.8. The maximum atomic E-state index is 5.75. The van der Waals surface area contributed by atoms with Crippen molar-refractivity contribution in [3.63, 3.8) is 0 Å². The highest BCUT2D eigenvalue weighted by Gasteiger charge is 2.15. The Balaban J connectivity index is 0.000000159. The number of ether oxygens (including phenoxy) is 11. The summed E-state index contributed by atoms with van der Waals surface area (Å²) in [5.41, 5.74) is 11.6. The van der Waals surface area contributed by atoms with Crippen LogP contribution in [0.3, 0.4) is 0 Å². The molecule has 0 N–H and O–H groups in total. The summed E-state index contributed by atoms with van der Waals surface area (Å²) in [6.45, 7) is 4.52. The second kappa shape index (κ2) is 30.0. The smallest absolute Gasteiger partial charge is 0.191 e. The standard InChI is InChI=1S/C15H22O2.C14H20O2.C12H16O4.C11H14O3/c1-16-10-4-2-3-5-11-17-15-9-8-13-6-7-14(13)12-15;1-15-9-3-2-4-10-16-14-8-7-12-5-6-13(12)11-14;1-13-7-14-8-15-9-16-12-5-4-10-2-3-11(10)6-12;1-12-7-13-8-14-11-5-4-9-2-3-10(9)6-11/h8-9,12H,2-7,10-11H2,1H3;7-8,11H,2-6,9-10H2,1H3;4-6H,2-3,7-9H2,1H3;4-6H,2-3,7-8H2,1H3. The maximum absolute atomic E-state index is 5.75. The Morgan fingerprint density at radius 1 is 0.286 bits per heavy atom. The van der Waals surface area contributed by atoms with Crippen molar-refractivity contribution >= 4 is 0 Å². The molecule has 346 valence electrons. The molecule has 0 amide bonds. The van der Waals surface area contributed by atoms with Crippen LogP contribution in [0.15, 0.2) is 72.8 Å². The summed E-state index contributed by atoms with van der Waals surface area (Å²) in [5.74, 6) is 3.80. The minimum Gasteiger partial charge on any atom is -0.494 e. The van der Waals surface area contributed by atoms with Crippen molar-refractivity contribution in [3.05, 3.63) is 117 Å². The lowest BCUT2D eigenvalue weighted by Gasteiger charge is -2.19. The minimum absolute atomic E-state index is 0.179. The number of methoxy groups -OCH3 is 4. The zero-order valence-corrected chi connectivity index (χ0v) is 38.4. The van der Waals surface area contributed by atoms with E-state index in [1.807, 2.05) is 12.1 Å². The molecule has 11 nitrogen and oxygen atoms in total. The van der Waals surface area contributed by atoms with E-state index >= 15 is 0 Å². The van der Waals surface area contributed by atoms with E-state index < -0.39 is 0 Å². The SMILES string of the molecule is COCCCCCCOc1ccc2c(c1)CC2.COCCCCCOc1ccc2c(c1)CC2.COCOCOCOc1ccc2c(c1)CC2.COCOCOc1ccc2c(c1)CC2. The Bertz CT molecular complexity index is 1800. The molecule has 0 atom stereocenters. The van der Waals surface area contributed by atoms with Gasteiger partial charge in [0.1, 0.15) is 36.6 Å². The molecule has 0 saturated carbocycles. The Kier molecular flexibility index (Phi) is 23.7. The van der Waals surface area contributed by atoms with Gasteiger partial charge in [0.2, 0.25) is 0 Å². The third-order valence-electron chi connectivity index (χ3n) is 11.3. The van der Waals surface area contributed by atoms with Gasteiger partial charge >= 0.3 is 0 Å². The molecule has 63 heavy (non-hydrogen) atoms. The van der Waals surface area contributed by atoms with Crippen molar-refractivity contribution in [1.82, 2.24) is 0 Å². The number of fused-ring (bicyclic) bond motifs is 4. The molecular formula is C52H72O11. The summed E-state index contributed by atoms with van der Waals surface area (Å²) in [5, 5.41) is 0. The molecule has 4 aromatic carbocycles. The van der Waals surface area contributed by atoms with Crippen LogP contribution in [0, 0.1) is 0 Å². The molecule has 4 aromatic rings. The highest BCUT2D eigenvalue weighted by atomic mass is 16.8. The Morgan fingerprint density at radius 2 is 0.587 bits per heavy atom. The van der Waals surface area contributed by atoms with E-state index in [-0.39, 0.29) is 34.0 Å². The molecule has 4 aliphatic rings. The zero-order valence-electron chi connectivity index (χ0n) is 38.4. The number of benzene rings is 4. The van der Waals surface area contributed by atoms with Crippen LogP contribution < -0.4 is 18.9 Å². The summed E-state index contributed by atoms with van der Waals surface area (Å²) >= 11 is 0. The molecule has 4 aliphatic carbocycles. The second-order valence-electron chi connectivity index (χ2n) is 15.9. The van der Waals surface area contributed by atoms with Gasteiger partial charge in [-0.25, -0.2) is 0 Å². The molecule has 0 fully saturated rings. The average Bonchev–Trinajstić information content (AvgIpc) is 3.26. The van der Waals surface area contributed by atoms with E-state index in [0.717, 1.165) is 81.5 Å². The molecule has 0 aromatic heterocycles. The number of unbranched alkanes of at least 4 members (excludes halogenated alkanes) is 5. The van der Waals surface area contributed by atoms with Crippen LogP contribution in [0.25, 0.3) is 0 Å². The lowest BCUT2D eigenvalue weighted by molar-refractivity contribution is -0.145. The fourth-order valence-corrected chi connectivity index (χ4v) is 7.20. The van der Waals surface area contributed by atoms with Crippen LogP contribution in [-0.2, 0) is 84.5 Å². The maximum Gasteiger partial charge on any atom is 0.191 e. The molecule has 0 spiro atoms. The third kappa shape index (κ3) is 18.4. The monoisotopic (exact) mass is 873 g/mol. The van der Waals surface area contributed by atoms with E-state index in [2.05, 4.69) is 60.7 Å². The van der Waals surface area contributed by atoms with E-state index in [4.69, 9.17) is 52.1 Å². The van der Waals surface area contributed by atoms with Crippen molar-refractivity contribution in [3.8, 4) is 23.0 Å². The lowest BCUT2D eigenvalue weighted by atomic mass is 9.89. The van der Waals surface area contributed by atoms with Crippen LogP contribution >= 0.6 is 0 Å². The molecule has 0 heterocycles. The van der Waals surface area contributed by atoms with Crippen LogP contribution in [-0.4, -0.2) is 88.8 Å². The highest BCUT2D eigenvalue weighted by molar-refractivity contribution is 5.43. The number of aryl methyl sites for hydroxylation is 8. The predicted molar refractivity (Wildman–Crippen MR) is 245 cm³/mol. The van der Waals surface area contributed by atoms with Crippen molar-refractivity contribution in [2.45, 2.75) is 96.3 Å². The topological polar surface area (TPSA) is 102 Å². The van der Waals surface area contributed by atoms with Crippen LogP contribution in [0.1, 0.15) is 89.5 Å². The first kappa shape index (κ1) is 49.8. The van der Waals surface area contributed by atoms with Gasteiger partial charge < -0.3 is 52.1 Å². The van der Waals surface area contributed by atoms with E-state index in [1.165, 1.54) is 109 Å². The summed E-state index contributed by atoms with van der Waals surface area (Å²) in [7, 11) is 6.66. The van der Waals surface area contributed by atoms with Gasteiger partial charge in [0.15, 0.2) is 20.4 Å². The number of hydrogen-bond acceptors (Lipinski definition) is 11. The number of hydrogen-bond donors (Lipinski definition) is 0. The van der Waals surface area contributed by atoms with Crippen molar-refractivity contribution in [2.75, 3.05) is 88.8 Å². The predicted octanol–water partition coefficient (Wildman–Crippen LogP) is 9.81. The minimum atomic E-state index is 0.179. The van der Waals surface area contributed by atoms with Gasteiger partial charge in [-0.3, -0.25) is 0 Å². The first-order valence-electron chi connectivity index (χ1n) is 22.8. The molecule has 0 unspecified atom stereocenters. The Hall–Kier alpha value is -4.20. The van der Waals surface area contributed by atoms with Gasteiger partial charge in [-0.1, -0.05) is 30.7 Å². The summed E-state index contributed by atoms with van der Waals surface area (Å²) in [4.78, 5) is 0. The Labute approximate surface area is 376 Å². The molecule has 0 saturated heterocycles. The number of rotatable bonds is 27. The molecule has 0 bridgehead atoms. The average molecular weight is 873 g/mol. The van der Waals surface area contributed by atoms with E-state index in [1.54, 1.807) is 28.4 Å². The van der Waals surface area contributed by atoms with Crippen LogP contribution in [0.5, 0.6) is 23.0 Å². The highest BCUT2D eigenvalue weighted by Crippen LogP contribution is 2.29. The van der Waals surface area contributed by atoms with Crippen LogP contribution in [0.4, 0.5) is 0 Å². The summed E-state index contributed by atoms with van der Waals surface area (Å²) in [6.07, 6.45) is 17.9. The van der Waals surface area contributed by atoms with E-state index in [0.29, 0.717) is 0 Å². The molecule has 8 rings (SSSR count). The third-order valence-corrected chi connectivity index (χ3v) is 11.3. The zero-order chi connectivity index (χ0) is 44.2. The van der Waals surface area contributed by atoms with Crippen molar-refractivity contribution < 1.29 is 52.1 Å². The molecule has 11 heteroatoms. The van der Waals surface area contributed by atoms with Gasteiger partial charge in [-0.15, -0.1) is 0 Å². The molecule has 0 radical (unpaired) electrons. The molecular weight excluding hydrogens is 801 g/mol. The fourth-order valence-electron chi connectivity index (χ4n) is 7.20. The van der Waals surface area contributed by atoms with Crippen molar-refractivity contribution in [1.29, 1.82) is 0 Å². The normalized spacial score (nSPS) is 13.1. The molecule has 0 aliphatic heterocycles. The lowest BCUT2D eigenvalue weighted by Crippen LogP contribution is -2.10. The first-order chi connectivity index (χ1) is 31.1. The van der Waals surface area contributed by atoms with E-state index in [9.17, 15) is 0 Å². The first-order valence-corrected chi connectivity index (χ1v) is 22.8. The quantitative estimate of drug-likeness (QED) is 0.0423. The summed E-state index contributed by atoms with van der Waals surface area (Å²) in [6, 6.07) is 25.3. The largest absolute Gasteiger partial charge is 0.494 e. The second-order valence-corrected chi connectivity index (χ2v) is 15.9.